The Labute approximate surface area is 117 Å². The molecule has 0 saturated heterocycles. The zero-order chi connectivity index (χ0) is 14.1. The number of carboxylic acid groups (broad SMARTS) is 1. The van der Waals surface area contributed by atoms with E-state index < -0.39 is 5.97 Å². The smallest absolute Gasteiger partial charge is 0.335 e. The van der Waals surface area contributed by atoms with Crippen LogP contribution in [-0.4, -0.2) is 24.2 Å². The molecule has 0 unspecified atom stereocenters. The van der Waals surface area contributed by atoms with E-state index in [0.29, 0.717) is 5.56 Å². The second kappa shape index (κ2) is 4.89. The Balaban J connectivity index is 2.06. The Bertz CT molecular complexity index is 650. The fourth-order valence-corrected chi connectivity index (χ4v) is 2.45. The zero-order valence-corrected chi connectivity index (χ0v) is 11.3. The molecule has 0 aromatic heterocycles. The molecule has 1 aliphatic rings. The average Bonchev–Trinajstić information content (AvgIpc) is 2.47. The predicted molar refractivity (Wildman–Crippen MR) is 80.1 cm³/mol. The highest BCUT2D eigenvalue weighted by atomic mass is 16.4. The summed E-state index contributed by atoms with van der Waals surface area (Å²) in [4.78, 5) is 13.3. The van der Waals surface area contributed by atoms with Crippen molar-refractivity contribution in [3.63, 3.8) is 0 Å². The van der Waals surface area contributed by atoms with Gasteiger partial charge in [0.15, 0.2) is 0 Å². The molecule has 0 saturated carbocycles. The van der Waals surface area contributed by atoms with Crippen molar-refractivity contribution in [1.29, 1.82) is 0 Å². The lowest BCUT2D eigenvalue weighted by molar-refractivity contribution is 0.0697. The highest BCUT2D eigenvalue weighted by Crippen LogP contribution is 2.35. The van der Waals surface area contributed by atoms with Gasteiger partial charge in [-0.1, -0.05) is 17.7 Å². The first-order valence-electron chi connectivity index (χ1n) is 6.60. The number of carbonyl (C=O) groups is 1. The second-order valence-electron chi connectivity index (χ2n) is 4.95. The first kappa shape index (κ1) is 12.5. The summed E-state index contributed by atoms with van der Waals surface area (Å²) < 4.78 is 0. The highest BCUT2D eigenvalue weighted by Gasteiger charge is 2.19. The molecule has 0 bridgehead atoms. The predicted octanol–water partition coefficient (Wildman–Crippen LogP) is 3.26. The number of aromatic carboxylic acids is 1. The van der Waals surface area contributed by atoms with E-state index in [4.69, 9.17) is 5.11 Å². The maximum Gasteiger partial charge on any atom is 0.335 e. The molecule has 0 amide bonds. The molecule has 2 aromatic rings. The Kier molecular flexibility index (Phi) is 3.06. The molecule has 4 nitrogen and oxygen atoms in total. The number of nitrogens with one attached hydrogen (secondary N) is 1. The minimum atomic E-state index is -0.901. The Morgan fingerprint density at radius 3 is 2.65 bits per heavy atom. The molecular weight excluding hydrogens is 252 g/mol. The van der Waals surface area contributed by atoms with E-state index in [1.54, 1.807) is 12.1 Å². The number of nitrogens with zero attached hydrogens (tertiary/aromatic N) is 1. The minimum absolute atomic E-state index is 0.310. The van der Waals surface area contributed by atoms with Crippen molar-refractivity contribution in [3.05, 3.63) is 53.6 Å². The Hall–Kier alpha value is -2.49. The molecule has 2 aromatic carbocycles. The molecule has 0 fully saturated rings. The molecule has 1 heterocycles. The fourth-order valence-electron chi connectivity index (χ4n) is 2.45. The van der Waals surface area contributed by atoms with Crippen LogP contribution in [0.4, 0.5) is 17.1 Å². The molecule has 0 atom stereocenters. The van der Waals surface area contributed by atoms with Gasteiger partial charge in [-0.25, -0.2) is 4.79 Å². The normalized spacial score (nSPS) is 13.6. The first-order chi connectivity index (χ1) is 9.65. The van der Waals surface area contributed by atoms with Crippen LogP contribution < -0.4 is 10.2 Å². The van der Waals surface area contributed by atoms with E-state index >= 15 is 0 Å². The summed E-state index contributed by atoms with van der Waals surface area (Å²) in [5.74, 6) is -0.901. The number of hydrogen-bond acceptors (Lipinski definition) is 3. The standard InChI is InChI=1S/C16H16N2O2/c1-11-2-5-13(6-3-11)18-9-8-17-14-7-4-12(16(19)20)10-15(14)18/h2-7,10,17H,8-9H2,1H3,(H,19,20). The first-order valence-corrected chi connectivity index (χ1v) is 6.60. The summed E-state index contributed by atoms with van der Waals surface area (Å²) in [6, 6.07) is 13.5. The number of rotatable bonds is 2. The quantitative estimate of drug-likeness (QED) is 0.877. The van der Waals surface area contributed by atoms with Crippen molar-refractivity contribution in [1.82, 2.24) is 0 Å². The van der Waals surface area contributed by atoms with Gasteiger partial charge in [-0.15, -0.1) is 0 Å². The van der Waals surface area contributed by atoms with Crippen LogP contribution in [0.15, 0.2) is 42.5 Å². The molecule has 0 radical (unpaired) electrons. The highest BCUT2D eigenvalue weighted by molar-refractivity contribution is 5.92. The van der Waals surface area contributed by atoms with Crippen LogP contribution in [0.2, 0.25) is 0 Å². The molecule has 2 N–H and O–H groups in total. The van der Waals surface area contributed by atoms with Crippen LogP contribution in [0.5, 0.6) is 0 Å². The van der Waals surface area contributed by atoms with Crippen molar-refractivity contribution < 1.29 is 9.90 Å². The third kappa shape index (κ3) is 2.20. The summed E-state index contributed by atoms with van der Waals surface area (Å²) in [5.41, 5.74) is 4.50. The summed E-state index contributed by atoms with van der Waals surface area (Å²) >= 11 is 0. The topological polar surface area (TPSA) is 52.6 Å². The van der Waals surface area contributed by atoms with Gasteiger partial charge in [0.2, 0.25) is 0 Å². The van der Waals surface area contributed by atoms with E-state index in [1.165, 1.54) is 5.56 Å². The van der Waals surface area contributed by atoms with Gasteiger partial charge in [0, 0.05) is 18.8 Å². The van der Waals surface area contributed by atoms with E-state index in [9.17, 15) is 4.79 Å². The van der Waals surface area contributed by atoms with Crippen molar-refractivity contribution in [2.24, 2.45) is 0 Å². The minimum Gasteiger partial charge on any atom is -0.478 e. The molecule has 20 heavy (non-hydrogen) atoms. The van der Waals surface area contributed by atoms with Gasteiger partial charge >= 0.3 is 5.97 Å². The summed E-state index contributed by atoms with van der Waals surface area (Å²) in [7, 11) is 0. The Morgan fingerprint density at radius 1 is 1.20 bits per heavy atom. The van der Waals surface area contributed by atoms with Gasteiger partial charge in [0.05, 0.1) is 16.9 Å². The number of aryl methyl sites for hydroxylation is 1. The molecule has 0 aliphatic carbocycles. The van der Waals surface area contributed by atoms with Gasteiger partial charge in [0.1, 0.15) is 0 Å². The average molecular weight is 268 g/mol. The van der Waals surface area contributed by atoms with Crippen LogP contribution in [0.3, 0.4) is 0 Å². The van der Waals surface area contributed by atoms with Crippen LogP contribution >= 0.6 is 0 Å². The third-order valence-corrected chi connectivity index (χ3v) is 3.53. The molecule has 102 valence electrons. The molecule has 1 aliphatic heterocycles. The lowest BCUT2D eigenvalue weighted by atomic mass is 10.1. The van der Waals surface area contributed by atoms with Gasteiger partial charge in [-0.3, -0.25) is 0 Å². The van der Waals surface area contributed by atoms with Gasteiger partial charge in [0.25, 0.3) is 0 Å². The van der Waals surface area contributed by atoms with Crippen molar-refractivity contribution in [2.75, 3.05) is 23.3 Å². The number of carboxylic acids is 1. The van der Waals surface area contributed by atoms with Crippen LogP contribution in [0.25, 0.3) is 0 Å². The van der Waals surface area contributed by atoms with E-state index in [0.717, 1.165) is 30.2 Å². The molecule has 0 spiro atoms. The molecule has 4 heteroatoms. The zero-order valence-electron chi connectivity index (χ0n) is 11.3. The molecule has 3 rings (SSSR count). The number of anilines is 3. The lowest BCUT2D eigenvalue weighted by Gasteiger charge is -2.32. The lowest BCUT2D eigenvalue weighted by Crippen LogP contribution is -2.30. The van der Waals surface area contributed by atoms with E-state index in [1.807, 2.05) is 6.07 Å². The van der Waals surface area contributed by atoms with Gasteiger partial charge in [-0.2, -0.15) is 0 Å². The number of benzene rings is 2. The Morgan fingerprint density at radius 2 is 1.95 bits per heavy atom. The second-order valence-corrected chi connectivity index (χ2v) is 4.95. The van der Waals surface area contributed by atoms with Gasteiger partial charge < -0.3 is 15.3 Å². The van der Waals surface area contributed by atoms with Crippen LogP contribution in [0.1, 0.15) is 15.9 Å². The van der Waals surface area contributed by atoms with Gasteiger partial charge in [-0.05, 0) is 37.3 Å². The van der Waals surface area contributed by atoms with E-state index in [-0.39, 0.29) is 0 Å². The maximum absolute atomic E-state index is 11.1. The fraction of sp³-hybridized carbons (Fsp3) is 0.188. The van der Waals surface area contributed by atoms with E-state index in [2.05, 4.69) is 41.4 Å². The van der Waals surface area contributed by atoms with Crippen molar-refractivity contribution in [3.8, 4) is 0 Å². The molecular formula is C16H16N2O2. The van der Waals surface area contributed by atoms with Crippen LogP contribution in [0, 0.1) is 6.92 Å². The maximum atomic E-state index is 11.1. The summed E-state index contributed by atoms with van der Waals surface area (Å²) in [6.45, 7) is 3.71. The number of hydrogen-bond donors (Lipinski definition) is 2. The largest absolute Gasteiger partial charge is 0.478 e. The summed E-state index contributed by atoms with van der Waals surface area (Å²) in [6.07, 6.45) is 0. The number of fused-ring (bicyclic) bond motifs is 1. The summed E-state index contributed by atoms with van der Waals surface area (Å²) in [5, 5.41) is 12.4. The van der Waals surface area contributed by atoms with Crippen molar-refractivity contribution >= 4 is 23.0 Å². The SMILES string of the molecule is Cc1ccc(N2CCNc3ccc(C(=O)O)cc32)cc1. The third-order valence-electron chi connectivity index (χ3n) is 3.53. The van der Waals surface area contributed by atoms with Crippen molar-refractivity contribution in [2.45, 2.75) is 6.92 Å². The van der Waals surface area contributed by atoms with Crippen LogP contribution in [-0.2, 0) is 0 Å². The monoisotopic (exact) mass is 268 g/mol.